The normalized spacial score (nSPS) is 12.2. The first-order chi connectivity index (χ1) is 13.7. The first kappa shape index (κ1) is 24.2. The van der Waals surface area contributed by atoms with Crippen LogP contribution in [0.15, 0.2) is 29.2 Å². The van der Waals surface area contributed by atoms with Gasteiger partial charge >= 0.3 is 11.7 Å². The van der Waals surface area contributed by atoms with Crippen LogP contribution in [0, 0.1) is 17.5 Å². The van der Waals surface area contributed by atoms with E-state index in [9.17, 15) is 44.3 Å². The Morgan fingerprint density at radius 1 is 1.00 bits per heavy atom. The number of ether oxygens (including phenoxy) is 1. The average molecular weight is 483 g/mol. The summed E-state index contributed by atoms with van der Waals surface area (Å²) in [5.41, 5.74) is -7.03. The first-order valence-corrected chi connectivity index (χ1v) is 8.88. The van der Waals surface area contributed by atoms with Crippen LogP contribution in [0.2, 0.25) is 0 Å². The van der Waals surface area contributed by atoms with E-state index < -0.39 is 63.2 Å². The lowest BCUT2D eigenvalue weighted by Crippen LogP contribution is -2.11. The van der Waals surface area contributed by atoms with Crippen LogP contribution in [-0.4, -0.2) is 10.8 Å². The highest BCUT2D eigenvalue weighted by atomic mass is 35.5. The molecular formula is C17H8ClF9O2S. The Bertz CT molecular complexity index is 958. The summed E-state index contributed by atoms with van der Waals surface area (Å²) in [7, 11) is 0. The van der Waals surface area contributed by atoms with Crippen molar-refractivity contribution >= 4 is 28.6 Å². The molecule has 0 spiro atoms. The summed E-state index contributed by atoms with van der Waals surface area (Å²) >= 11 is 4.63. The van der Waals surface area contributed by atoms with Crippen LogP contribution in [0.4, 0.5) is 39.5 Å². The van der Waals surface area contributed by atoms with Crippen molar-refractivity contribution in [3.8, 4) is 11.5 Å². The van der Waals surface area contributed by atoms with Crippen molar-refractivity contribution in [3.05, 3.63) is 52.8 Å². The molecule has 0 saturated heterocycles. The van der Waals surface area contributed by atoms with Crippen molar-refractivity contribution in [1.82, 2.24) is 0 Å². The number of hydrogen-bond acceptors (Lipinski definition) is 3. The number of hydrogen-bond donors (Lipinski definition) is 0. The number of aryl methyl sites for hydroxylation is 1. The number of thioether (sulfide) groups is 1. The molecule has 0 atom stereocenters. The molecule has 0 aliphatic heterocycles. The van der Waals surface area contributed by atoms with Gasteiger partial charge in [0.1, 0.15) is 5.75 Å². The largest absolute Gasteiger partial charge is 0.451 e. The molecule has 0 aliphatic rings. The molecule has 2 aromatic rings. The fourth-order valence-corrected chi connectivity index (χ4v) is 3.04. The Hall–Kier alpha value is -2.08. The third-order valence-electron chi connectivity index (χ3n) is 3.49. The summed E-state index contributed by atoms with van der Waals surface area (Å²) in [4.78, 5) is 10.5. The molecule has 0 fully saturated rings. The molecule has 0 aliphatic carbocycles. The predicted molar refractivity (Wildman–Crippen MR) is 88.9 cm³/mol. The summed E-state index contributed by atoms with van der Waals surface area (Å²) in [6.45, 7) is 0. The standard InChI is InChI=1S/C17H8ClF9O2S/c18-12(28)4-1-7-5-8(2-3-11(7)30-17(25,26)27)29-15-10(19)6-9(16(22,23)24)13(20)14(15)21/h2-3,5-6H,1,4H2. The number of benzene rings is 2. The van der Waals surface area contributed by atoms with Gasteiger partial charge < -0.3 is 4.74 Å². The minimum absolute atomic E-state index is 0.142. The van der Waals surface area contributed by atoms with Gasteiger partial charge in [-0.1, -0.05) is 0 Å². The Balaban J connectivity index is 2.44. The van der Waals surface area contributed by atoms with Gasteiger partial charge in [0.25, 0.3) is 0 Å². The minimum atomic E-state index is -5.37. The molecule has 0 unspecified atom stereocenters. The van der Waals surface area contributed by atoms with Crippen molar-refractivity contribution in [3.63, 3.8) is 0 Å². The van der Waals surface area contributed by atoms with E-state index >= 15 is 0 Å². The maximum atomic E-state index is 13.9. The summed E-state index contributed by atoms with van der Waals surface area (Å²) in [6.07, 6.45) is -6.06. The first-order valence-electron chi connectivity index (χ1n) is 7.68. The van der Waals surface area contributed by atoms with Crippen LogP contribution < -0.4 is 4.74 Å². The molecule has 164 valence electrons. The van der Waals surface area contributed by atoms with Gasteiger partial charge in [0.15, 0.2) is 11.6 Å². The number of alkyl halides is 6. The molecule has 30 heavy (non-hydrogen) atoms. The summed E-state index contributed by atoms with van der Waals surface area (Å²) in [6, 6.07) is 2.27. The third kappa shape index (κ3) is 6.21. The van der Waals surface area contributed by atoms with Crippen molar-refractivity contribution in [1.29, 1.82) is 0 Å². The van der Waals surface area contributed by atoms with Gasteiger partial charge in [-0.2, -0.15) is 30.7 Å². The zero-order valence-electron chi connectivity index (χ0n) is 14.2. The molecule has 2 aromatic carbocycles. The molecule has 0 radical (unpaired) electrons. The molecule has 0 heterocycles. The van der Waals surface area contributed by atoms with E-state index in [2.05, 4.69) is 0 Å². The van der Waals surface area contributed by atoms with Gasteiger partial charge in [-0.3, -0.25) is 4.79 Å². The van der Waals surface area contributed by atoms with Crippen LogP contribution in [0.5, 0.6) is 11.5 Å². The highest BCUT2D eigenvalue weighted by molar-refractivity contribution is 8.00. The molecule has 13 heteroatoms. The predicted octanol–water partition coefficient (Wildman–Crippen LogP) is 7.22. The van der Waals surface area contributed by atoms with E-state index in [1.165, 1.54) is 0 Å². The Morgan fingerprint density at radius 3 is 2.17 bits per heavy atom. The van der Waals surface area contributed by atoms with Gasteiger partial charge in [0.05, 0.1) is 5.56 Å². The molecule has 0 aromatic heterocycles. The van der Waals surface area contributed by atoms with E-state index in [0.717, 1.165) is 18.2 Å². The van der Waals surface area contributed by atoms with Gasteiger partial charge in [0.2, 0.25) is 16.8 Å². The molecular weight excluding hydrogens is 475 g/mol. The molecule has 2 nitrogen and oxygen atoms in total. The van der Waals surface area contributed by atoms with E-state index in [1.54, 1.807) is 0 Å². The summed E-state index contributed by atoms with van der Waals surface area (Å²) < 4.78 is 122. The molecule has 0 bridgehead atoms. The summed E-state index contributed by atoms with van der Waals surface area (Å²) in [5, 5.41) is -0.869. The fourth-order valence-electron chi connectivity index (χ4n) is 2.27. The number of rotatable bonds is 6. The van der Waals surface area contributed by atoms with Gasteiger partial charge in [-0.05, 0) is 59.6 Å². The van der Waals surface area contributed by atoms with Crippen LogP contribution in [0.25, 0.3) is 0 Å². The molecule has 0 N–H and O–H groups in total. The maximum absolute atomic E-state index is 13.9. The van der Waals surface area contributed by atoms with Crippen LogP contribution in [-0.2, 0) is 17.4 Å². The van der Waals surface area contributed by atoms with Crippen molar-refractivity contribution in [2.45, 2.75) is 29.4 Å². The minimum Gasteiger partial charge on any atom is -0.451 e. The van der Waals surface area contributed by atoms with Crippen LogP contribution >= 0.6 is 23.4 Å². The quantitative estimate of drug-likeness (QED) is 0.188. The lowest BCUT2D eigenvalue weighted by molar-refractivity contribution is -0.140. The van der Waals surface area contributed by atoms with Crippen molar-refractivity contribution < 1.29 is 49.0 Å². The zero-order chi connectivity index (χ0) is 22.9. The second-order valence-corrected chi connectivity index (χ2v) is 7.16. The van der Waals surface area contributed by atoms with E-state index in [0.29, 0.717) is 0 Å². The molecule has 0 saturated carbocycles. The van der Waals surface area contributed by atoms with Gasteiger partial charge in [-0.25, -0.2) is 8.78 Å². The smallest absolute Gasteiger partial charge is 0.446 e. The maximum Gasteiger partial charge on any atom is 0.446 e. The zero-order valence-corrected chi connectivity index (χ0v) is 15.8. The van der Waals surface area contributed by atoms with Gasteiger partial charge in [-0.15, -0.1) is 0 Å². The molecule has 0 amide bonds. The van der Waals surface area contributed by atoms with E-state index in [4.69, 9.17) is 16.3 Å². The second-order valence-electron chi connectivity index (χ2n) is 5.64. The SMILES string of the molecule is O=C(Cl)CCc1cc(Oc2c(F)cc(C(F)(F)F)c(F)c2F)ccc1SC(F)(F)F. The second kappa shape index (κ2) is 8.96. The topological polar surface area (TPSA) is 26.3 Å². The van der Waals surface area contributed by atoms with E-state index in [1.807, 2.05) is 0 Å². The Morgan fingerprint density at radius 2 is 1.63 bits per heavy atom. The lowest BCUT2D eigenvalue weighted by Gasteiger charge is -2.15. The molecule has 2 rings (SSSR count). The number of halogens is 10. The number of carbonyl (C=O) groups excluding carboxylic acids is 1. The highest BCUT2D eigenvalue weighted by Crippen LogP contribution is 2.42. The van der Waals surface area contributed by atoms with Crippen molar-refractivity contribution in [2.75, 3.05) is 0 Å². The highest BCUT2D eigenvalue weighted by Gasteiger charge is 2.38. The van der Waals surface area contributed by atoms with E-state index in [-0.39, 0.29) is 29.4 Å². The fraction of sp³-hybridized carbons (Fsp3) is 0.235. The van der Waals surface area contributed by atoms with Crippen LogP contribution in [0.1, 0.15) is 17.5 Å². The van der Waals surface area contributed by atoms with Crippen LogP contribution in [0.3, 0.4) is 0 Å². The summed E-state index contributed by atoms with van der Waals surface area (Å²) in [5.74, 6) is -8.58. The average Bonchev–Trinajstić information content (AvgIpc) is 2.59. The monoisotopic (exact) mass is 482 g/mol. The Kier molecular flexibility index (Phi) is 7.23. The third-order valence-corrected chi connectivity index (χ3v) is 4.53. The number of carbonyl (C=O) groups is 1. The lowest BCUT2D eigenvalue weighted by atomic mass is 10.1. The Labute approximate surface area is 172 Å². The van der Waals surface area contributed by atoms with Crippen molar-refractivity contribution in [2.24, 2.45) is 0 Å². The van der Waals surface area contributed by atoms with Gasteiger partial charge in [0, 0.05) is 11.3 Å².